The number of halogens is 1. The summed E-state index contributed by atoms with van der Waals surface area (Å²) in [5, 5.41) is 3.34. The molecule has 3 heteroatoms. The Hall–Kier alpha value is -0.540. The molecular weight excluding hydrogens is 209 g/mol. The van der Waals surface area contributed by atoms with Crippen LogP contribution in [-0.4, -0.2) is 18.8 Å². The molecule has 15 heavy (non-hydrogen) atoms. The lowest BCUT2D eigenvalue weighted by Gasteiger charge is -2.22. The van der Waals surface area contributed by atoms with Crippen LogP contribution in [0.1, 0.15) is 12.8 Å². The zero-order valence-electron chi connectivity index (χ0n) is 8.71. The first-order chi connectivity index (χ1) is 7.36. The average molecular weight is 225 g/mol. The van der Waals surface area contributed by atoms with Crippen molar-refractivity contribution in [1.29, 1.82) is 0 Å². The fourth-order valence-corrected chi connectivity index (χ4v) is 2.95. The highest BCUT2D eigenvalue weighted by molar-refractivity contribution is 7.99. The zero-order chi connectivity index (χ0) is 10.5. The van der Waals surface area contributed by atoms with Crippen molar-refractivity contribution in [2.45, 2.75) is 17.7 Å². The van der Waals surface area contributed by atoms with Gasteiger partial charge in [-0.15, -0.1) is 11.8 Å². The maximum absolute atomic E-state index is 13.3. The summed E-state index contributed by atoms with van der Waals surface area (Å²) in [6.45, 7) is 2.23. The largest absolute Gasteiger partial charge is 0.317 e. The smallest absolute Gasteiger partial charge is 0.136 e. The lowest BCUT2D eigenvalue weighted by atomic mass is 10.0. The molecule has 0 spiro atoms. The summed E-state index contributed by atoms with van der Waals surface area (Å²) in [4.78, 5) is 0.788. The quantitative estimate of drug-likeness (QED) is 0.794. The van der Waals surface area contributed by atoms with Crippen LogP contribution in [-0.2, 0) is 0 Å². The summed E-state index contributed by atoms with van der Waals surface area (Å²) in [7, 11) is 0. The maximum Gasteiger partial charge on any atom is 0.136 e. The van der Waals surface area contributed by atoms with E-state index in [0.717, 1.165) is 29.7 Å². The van der Waals surface area contributed by atoms with Crippen molar-refractivity contribution in [2.24, 2.45) is 5.92 Å². The molecule has 0 amide bonds. The Morgan fingerprint density at radius 3 is 2.73 bits per heavy atom. The molecular formula is C12H16FNS. The van der Waals surface area contributed by atoms with Crippen molar-refractivity contribution in [1.82, 2.24) is 5.32 Å². The van der Waals surface area contributed by atoms with Gasteiger partial charge in [-0.1, -0.05) is 12.1 Å². The fourth-order valence-electron chi connectivity index (χ4n) is 1.82. The lowest BCUT2D eigenvalue weighted by Crippen LogP contribution is -2.28. The van der Waals surface area contributed by atoms with Gasteiger partial charge < -0.3 is 5.32 Å². The van der Waals surface area contributed by atoms with Gasteiger partial charge in [0.15, 0.2) is 0 Å². The minimum Gasteiger partial charge on any atom is -0.317 e. The van der Waals surface area contributed by atoms with Crippen molar-refractivity contribution < 1.29 is 4.39 Å². The van der Waals surface area contributed by atoms with Crippen LogP contribution in [0, 0.1) is 11.7 Å². The Bertz CT molecular complexity index is 310. The molecule has 1 aliphatic rings. The van der Waals surface area contributed by atoms with Crippen molar-refractivity contribution in [3.05, 3.63) is 30.1 Å². The number of rotatable bonds is 3. The van der Waals surface area contributed by atoms with Crippen LogP contribution in [0.25, 0.3) is 0 Å². The summed E-state index contributed by atoms with van der Waals surface area (Å²) in [6.07, 6.45) is 2.45. The standard InChI is InChI=1S/C12H16FNS/c13-11-3-1-2-4-12(11)15-9-10-5-7-14-8-6-10/h1-4,10,14H,5-9H2. The van der Waals surface area contributed by atoms with Gasteiger partial charge in [0.2, 0.25) is 0 Å². The van der Waals surface area contributed by atoms with Crippen LogP contribution >= 0.6 is 11.8 Å². The molecule has 0 unspecified atom stereocenters. The molecule has 1 saturated heterocycles. The molecule has 1 fully saturated rings. The Labute approximate surface area is 94.5 Å². The Morgan fingerprint density at radius 2 is 2.00 bits per heavy atom. The Morgan fingerprint density at radius 1 is 1.27 bits per heavy atom. The van der Waals surface area contributed by atoms with Gasteiger partial charge in [-0.25, -0.2) is 4.39 Å². The molecule has 0 radical (unpaired) electrons. The third-order valence-corrected chi connectivity index (χ3v) is 4.05. The summed E-state index contributed by atoms with van der Waals surface area (Å²) >= 11 is 1.65. The molecule has 2 rings (SSSR count). The van der Waals surface area contributed by atoms with Crippen LogP contribution in [0.3, 0.4) is 0 Å². The van der Waals surface area contributed by atoms with E-state index in [1.807, 2.05) is 12.1 Å². The second-order valence-electron chi connectivity index (χ2n) is 3.93. The highest BCUT2D eigenvalue weighted by Gasteiger charge is 2.13. The summed E-state index contributed by atoms with van der Waals surface area (Å²) in [5.41, 5.74) is 0. The van der Waals surface area contributed by atoms with Crippen molar-refractivity contribution in [3.8, 4) is 0 Å². The van der Waals surface area contributed by atoms with E-state index in [2.05, 4.69) is 5.32 Å². The second-order valence-corrected chi connectivity index (χ2v) is 5.00. The summed E-state index contributed by atoms with van der Waals surface area (Å²) in [5.74, 6) is 1.70. The Balaban J connectivity index is 1.84. The molecule has 0 aromatic heterocycles. The van der Waals surface area contributed by atoms with Gasteiger partial charge in [-0.05, 0) is 44.0 Å². The highest BCUT2D eigenvalue weighted by Crippen LogP contribution is 2.26. The Kier molecular flexibility index (Phi) is 4.03. The van der Waals surface area contributed by atoms with Gasteiger partial charge in [-0.2, -0.15) is 0 Å². The lowest BCUT2D eigenvalue weighted by molar-refractivity contribution is 0.407. The van der Waals surface area contributed by atoms with E-state index in [-0.39, 0.29) is 5.82 Å². The molecule has 1 aromatic rings. The first kappa shape index (κ1) is 11.0. The minimum atomic E-state index is -0.0866. The molecule has 0 saturated carbocycles. The molecule has 1 N–H and O–H groups in total. The number of thioether (sulfide) groups is 1. The second kappa shape index (κ2) is 5.52. The molecule has 0 bridgehead atoms. The van der Waals surface area contributed by atoms with Crippen molar-refractivity contribution >= 4 is 11.8 Å². The number of hydrogen-bond acceptors (Lipinski definition) is 2. The topological polar surface area (TPSA) is 12.0 Å². The SMILES string of the molecule is Fc1ccccc1SCC1CCNCC1. The van der Waals surface area contributed by atoms with Gasteiger partial charge >= 0.3 is 0 Å². The third kappa shape index (κ3) is 3.21. The molecule has 1 aromatic carbocycles. The van der Waals surface area contributed by atoms with E-state index in [1.165, 1.54) is 18.9 Å². The normalized spacial score (nSPS) is 17.9. The van der Waals surface area contributed by atoms with Crippen LogP contribution in [0.15, 0.2) is 29.2 Å². The van der Waals surface area contributed by atoms with Gasteiger partial charge in [0, 0.05) is 10.6 Å². The summed E-state index contributed by atoms with van der Waals surface area (Å²) < 4.78 is 13.3. The monoisotopic (exact) mass is 225 g/mol. The number of benzene rings is 1. The van der Waals surface area contributed by atoms with Crippen LogP contribution in [0.5, 0.6) is 0 Å². The number of hydrogen-bond donors (Lipinski definition) is 1. The van der Waals surface area contributed by atoms with Crippen LogP contribution in [0.4, 0.5) is 4.39 Å². The summed E-state index contributed by atoms with van der Waals surface area (Å²) in [6, 6.07) is 7.03. The predicted molar refractivity (Wildman–Crippen MR) is 62.7 cm³/mol. The van der Waals surface area contributed by atoms with Crippen LogP contribution < -0.4 is 5.32 Å². The molecule has 0 aliphatic carbocycles. The zero-order valence-corrected chi connectivity index (χ0v) is 9.52. The van der Waals surface area contributed by atoms with Gasteiger partial charge in [-0.3, -0.25) is 0 Å². The maximum atomic E-state index is 13.3. The number of piperidine rings is 1. The highest BCUT2D eigenvalue weighted by atomic mass is 32.2. The van der Waals surface area contributed by atoms with Crippen LogP contribution in [0.2, 0.25) is 0 Å². The van der Waals surface area contributed by atoms with E-state index < -0.39 is 0 Å². The first-order valence-corrected chi connectivity index (χ1v) is 6.43. The van der Waals surface area contributed by atoms with E-state index in [4.69, 9.17) is 0 Å². The molecule has 1 heterocycles. The van der Waals surface area contributed by atoms with Gasteiger partial charge in [0.1, 0.15) is 5.82 Å². The number of nitrogens with one attached hydrogen (secondary N) is 1. The minimum absolute atomic E-state index is 0.0866. The molecule has 1 aliphatic heterocycles. The fraction of sp³-hybridized carbons (Fsp3) is 0.500. The van der Waals surface area contributed by atoms with E-state index in [1.54, 1.807) is 17.8 Å². The molecule has 0 atom stereocenters. The van der Waals surface area contributed by atoms with Gasteiger partial charge in [0.05, 0.1) is 0 Å². The average Bonchev–Trinajstić information content (AvgIpc) is 2.29. The third-order valence-electron chi connectivity index (χ3n) is 2.77. The van der Waals surface area contributed by atoms with E-state index >= 15 is 0 Å². The molecule has 1 nitrogen and oxygen atoms in total. The molecule has 82 valence electrons. The van der Waals surface area contributed by atoms with Crippen molar-refractivity contribution in [3.63, 3.8) is 0 Å². The van der Waals surface area contributed by atoms with E-state index in [0.29, 0.717) is 0 Å². The van der Waals surface area contributed by atoms with Crippen molar-refractivity contribution in [2.75, 3.05) is 18.8 Å². The van der Waals surface area contributed by atoms with E-state index in [9.17, 15) is 4.39 Å². The first-order valence-electron chi connectivity index (χ1n) is 5.44. The predicted octanol–water partition coefficient (Wildman–Crippen LogP) is 2.92. The van der Waals surface area contributed by atoms with Gasteiger partial charge in [0.25, 0.3) is 0 Å².